The van der Waals surface area contributed by atoms with E-state index in [2.05, 4.69) is 13.2 Å². The van der Waals surface area contributed by atoms with Crippen molar-refractivity contribution in [1.29, 1.82) is 0 Å². The average molecular weight is 150 g/mol. The lowest BCUT2D eigenvalue weighted by Crippen LogP contribution is -2.39. The normalized spacial score (nSPS) is 20.5. The minimum Gasteiger partial charge on any atom is -0.299 e. The smallest absolute Gasteiger partial charge is 0.139 e. The predicted octanol–water partition coefficient (Wildman–Crippen LogP) is 2.49. The maximum absolute atomic E-state index is 11.2. The first-order valence-corrected chi connectivity index (χ1v) is 4.00. The molecular formula is C10H14O. The Kier molecular flexibility index (Phi) is 2.28. The van der Waals surface area contributed by atoms with Crippen LogP contribution in [0, 0.1) is 5.41 Å². The summed E-state index contributed by atoms with van der Waals surface area (Å²) < 4.78 is 0. The number of allylic oxidation sites excluding steroid dienone is 2. The highest BCUT2D eigenvalue weighted by Crippen LogP contribution is 2.43. The van der Waals surface area contributed by atoms with Gasteiger partial charge in [-0.05, 0) is 19.3 Å². The lowest BCUT2D eigenvalue weighted by Gasteiger charge is -2.38. The first-order valence-electron chi connectivity index (χ1n) is 4.00. The van der Waals surface area contributed by atoms with E-state index in [-0.39, 0.29) is 5.41 Å². The van der Waals surface area contributed by atoms with Crippen molar-refractivity contribution in [1.82, 2.24) is 0 Å². The van der Waals surface area contributed by atoms with Gasteiger partial charge >= 0.3 is 0 Å². The summed E-state index contributed by atoms with van der Waals surface area (Å²) in [4.78, 5) is 11.2. The first kappa shape index (κ1) is 8.25. The monoisotopic (exact) mass is 150 g/mol. The molecule has 60 valence electrons. The highest BCUT2D eigenvalue weighted by molar-refractivity contribution is 5.90. The second-order valence-corrected chi connectivity index (χ2v) is 3.19. The molecule has 0 aromatic heterocycles. The zero-order valence-corrected chi connectivity index (χ0v) is 6.81. The van der Waals surface area contributed by atoms with Crippen molar-refractivity contribution < 1.29 is 4.79 Å². The van der Waals surface area contributed by atoms with Crippen molar-refractivity contribution in [3.05, 3.63) is 25.3 Å². The number of hydrogen-bond donors (Lipinski definition) is 0. The summed E-state index contributed by atoms with van der Waals surface area (Å²) in [6.45, 7) is 7.32. The summed E-state index contributed by atoms with van der Waals surface area (Å²) in [5, 5.41) is 0. The number of carbonyl (C=O) groups is 1. The molecular weight excluding hydrogens is 136 g/mol. The molecule has 0 N–H and O–H groups in total. The predicted molar refractivity (Wildman–Crippen MR) is 46.3 cm³/mol. The molecule has 11 heavy (non-hydrogen) atoms. The number of Topliss-reactive ketones (excluding diaryl/α,β-unsaturated/α-hetero) is 1. The molecule has 0 heterocycles. The van der Waals surface area contributed by atoms with Gasteiger partial charge in [-0.25, -0.2) is 0 Å². The van der Waals surface area contributed by atoms with Gasteiger partial charge in [-0.15, -0.1) is 13.2 Å². The number of carbonyl (C=O) groups excluding carboxylic acids is 1. The first-order chi connectivity index (χ1) is 5.25. The summed E-state index contributed by atoms with van der Waals surface area (Å²) in [7, 11) is 0. The van der Waals surface area contributed by atoms with E-state index in [4.69, 9.17) is 0 Å². The van der Waals surface area contributed by atoms with Crippen LogP contribution in [-0.4, -0.2) is 5.78 Å². The molecule has 1 heteroatoms. The molecule has 0 spiro atoms. The SMILES string of the molecule is C=CCC1(CC=C)CCC1=O. The standard InChI is InChI=1S/C10H14O/c1-3-6-10(7-4-2)8-5-9(10)11/h3-4H,1-2,5-8H2. The van der Waals surface area contributed by atoms with Crippen molar-refractivity contribution in [2.75, 3.05) is 0 Å². The lowest BCUT2D eigenvalue weighted by atomic mass is 9.63. The van der Waals surface area contributed by atoms with Crippen LogP contribution in [0.15, 0.2) is 25.3 Å². The van der Waals surface area contributed by atoms with Crippen molar-refractivity contribution in [3.8, 4) is 0 Å². The fraction of sp³-hybridized carbons (Fsp3) is 0.500. The third-order valence-electron chi connectivity index (χ3n) is 2.49. The average Bonchev–Trinajstić information content (AvgIpc) is 2.01. The van der Waals surface area contributed by atoms with Crippen LogP contribution >= 0.6 is 0 Å². The van der Waals surface area contributed by atoms with E-state index < -0.39 is 0 Å². The number of hydrogen-bond acceptors (Lipinski definition) is 1. The minimum atomic E-state index is -0.0938. The molecule has 1 fully saturated rings. The molecule has 1 saturated carbocycles. The lowest BCUT2D eigenvalue weighted by molar-refractivity contribution is -0.137. The zero-order valence-electron chi connectivity index (χ0n) is 6.81. The molecule has 1 nitrogen and oxygen atoms in total. The van der Waals surface area contributed by atoms with E-state index in [0.29, 0.717) is 5.78 Å². The van der Waals surface area contributed by atoms with Gasteiger partial charge in [0.1, 0.15) is 5.78 Å². The largest absolute Gasteiger partial charge is 0.299 e. The Bertz CT molecular complexity index is 181. The van der Waals surface area contributed by atoms with Gasteiger partial charge < -0.3 is 0 Å². The molecule has 1 aliphatic carbocycles. The van der Waals surface area contributed by atoms with Crippen LogP contribution in [0.3, 0.4) is 0 Å². The van der Waals surface area contributed by atoms with E-state index in [1.165, 1.54) is 0 Å². The van der Waals surface area contributed by atoms with E-state index >= 15 is 0 Å². The molecule has 1 rings (SSSR count). The van der Waals surface area contributed by atoms with Crippen LogP contribution in [0.25, 0.3) is 0 Å². The molecule has 0 radical (unpaired) electrons. The van der Waals surface area contributed by atoms with Crippen LogP contribution < -0.4 is 0 Å². The Morgan fingerprint density at radius 1 is 1.36 bits per heavy atom. The van der Waals surface area contributed by atoms with Gasteiger partial charge in [-0.1, -0.05) is 12.2 Å². The van der Waals surface area contributed by atoms with Crippen LogP contribution in [0.2, 0.25) is 0 Å². The zero-order chi connectivity index (χ0) is 8.32. The van der Waals surface area contributed by atoms with Crippen LogP contribution in [0.5, 0.6) is 0 Å². The van der Waals surface area contributed by atoms with Gasteiger partial charge in [0.2, 0.25) is 0 Å². The summed E-state index contributed by atoms with van der Waals surface area (Å²) >= 11 is 0. The van der Waals surface area contributed by atoms with E-state index in [9.17, 15) is 4.79 Å². The van der Waals surface area contributed by atoms with E-state index in [0.717, 1.165) is 25.7 Å². The molecule has 0 aromatic carbocycles. The summed E-state index contributed by atoms with van der Waals surface area (Å²) in [5.41, 5.74) is -0.0938. The quantitative estimate of drug-likeness (QED) is 0.563. The molecule has 0 saturated heterocycles. The van der Waals surface area contributed by atoms with Crippen molar-refractivity contribution in [2.45, 2.75) is 25.7 Å². The van der Waals surface area contributed by atoms with Gasteiger partial charge in [0.05, 0.1) is 0 Å². The van der Waals surface area contributed by atoms with Gasteiger partial charge in [-0.3, -0.25) is 4.79 Å². The van der Waals surface area contributed by atoms with Crippen molar-refractivity contribution >= 4 is 5.78 Å². The maximum Gasteiger partial charge on any atom is 0.139 e. The second kappa shape index (κ2) is 3.04. The summed E-state index contributed by atoms with van der Waals surface area (Å²) in [5.74, 6) is 0.386. The van der Waals surface area contributed by atoms with Crippen LogP contribution in [-0.2, 0) is 4.79 Å². The molecule has 0 aliphatic heterocycles. The molecule has 0 bridgehead atoms. The summed E-state index contributed by atoms with van der Waals surface area (Å²) in [6, 6.07) is 0. The Morgan fingerprint density at radius 3 is 2.09 bits per heavy atom. The third kappa shape index (κ3) is 1.28. The Balaban J connectivity index is 2.63. The maximum atomic E-state index is 11.2. The minimum absolute atomic E-state index is 0.0938. The van der Waals surface area contributed by atoms with E-state index in [1.54, 1.807) is 0 Å². The van der Waals surface area contributed by atoms with E-state index in [1.807, 2.05) is 12.2 Å². The molecule has 0 unspecified atom stereocenters. The molecule has 0 amide bonds. The topological polar surface area (TPSA) is 17.1 Å². The highest BCUT2D eigenvalue weighted by Gasteiger charge is 2.43. The highest BCUT2D eigenvalue weighted by atomic mass is 16.1. The fourth-order valence-corrected chi connectivity index (χ4v) is 1.65. The number of ketones is 1. The van der Waals surface area contributed by atoms with Gasteiger partial charge in [0, 0.05) is 11.8 Å². The second-order valence-electron chi connectivity index (χ2n) is 3.19. The van der Waals surface area contributed by atoms with Crippen molar-refractivity contribution in [2.24, 2.45) is 5.41 Å². The molecule has 0 aromatic rings. The van der Waals surface area contributed by atoms with Crippen LogP contribution in [0.4, 0.5) is 0 Å². The Morgan fingerprint density at radius 2 is 1.91 bits per heavy atom. The van der Waals surface area contributed by atoms with Crippen molar-refractivity contribution in [3.63, 3.8) is 0 Å². The van der Waals surface area contributed by atoms with Gasteiger partial charge in [0.25, 0.3) is 0 Å². The van der Waals surface area contributed by atoms with Gasteiger partial charge in [-0.2, -0.15) is 0 Å². The third-order valence-corrected chi connectivity index (χ3v) is 2.49. The molecule has 1 aliphatic rings. The Labute approximate surface area is 67.8 Å². The van der Waals surface area contributed by atoms with Crippen LogP contribution in [0.1, 0.15) is 25.7 Å². The van der Waals surface area contributed by atoms with Gasteiger partial charge in [0.15, 0.2) is 0 Å². The summed E-state index contributed by atoms with van der Waals surface area (Å²) in [6.07, 6.45) is 7.07. The number of rotatable bonds is 4. The fourth-order valence-electron chi connectivity index (χ4n) is 1.65. The molecule has 0 atom stereocenters. The Hall–Kier alpha value is -0.850.